The predicted octanol–water partition coefficient (Wildman–Crippen LogP) is 3.05. The van der Waals surface area contributed by atoms with Crippen LogP contribution in [0.2, 0.25) is 0 Å². The quantitative estimate of drug-likeness (QED) is 0.863. The highest BCUT2D eigenvalue weighted by Crippen LogP contribution is 2.17. The minimum atomic E-state index is 0.346. The molecule has 2 nitrogen and oxygen atoms in total. The van der Waals surface area contributed by atoms with Gasteiger partial charge in [0.05, 0.1) is 6.61 Å². The van der Waals surface area contributed by atoms with E-state index in [0.717, 1.165) is 12.3 Å². The molecule has 0 bridgehead atoms. The minimum Gasteiger partial charge on any atom is -0.383 e. The largest absolute Gasteiger partial charge is 0.383 e. The van der Waals surface area contributed by atoms with E-state index in [4.69, 9.17) is 4.74 Å². The Morgan fingerprint density at radius 3 is 2.79 bits per heavy atom. The number of ether oxygens (including phenoxy) is 1. The normalized spacial score (nSPS) is 12.6. The molecule has 0 aliphatic rings. The Labute approximate surface area is 99.2 Å². The summed E-state index contributed by atoms with van der Waals surface area (Å²) in [5.74, 6) is 0. The number of rotatable bonds is 4. The van der Waals surface area contributed by atoms with E-state index in [0.29, 0.717) is 6.04 Å². The van der Waals surface area contributed by atoms with Gasteiger partial charge in [0.15, 0.2) is 0 Å². The molecule has 1 rings (SSSR count). The highest BCUT2D eigenvalue weighted by molar-refractivity contribution is 14.1. The van der Waals surface area contributed by atoms with Gasteiger partial charge >= 0.3 is 0 Å². The van der Waals surface area contributed by atoms with E-state index in [2.05, 4.69) is 60.0 Å². The van der Waals surface area contributed by atoms with Gasteiger partial charge in [-0.2, -0.15) is 0 Å². The summed E-state index contributed by atoms with van der Waals surface area (Å²) in [6.45, 7) is 4.95. The van der Waals surface area contributed by atoms with Crippen LogP contribution in [0.5, 0.6) is 0 Å². The fourth-order valence-corrected chi connectivity index (χ4v) is 1.77. The van der Waals surface area contributed by atoms with Crippen molar-refractivity contribution in [1.82, 2.24) is 0 Å². The van der Waals surface area contributed by atoms with Crippen LogP contribution in [-0.4, -0.2) is 19.8 Å². The Kier molecular flexibility index (Phi) is 4.68. The lowest BCUT2D eigenvalue weighted by Crippen LogP contribution is -2.20. The second-order valence-corrected chi connectivity index (χ2v) is 4.63. The molecule has 0 saturated carbocycles. The molecule has 0 spiro atoms. The zero-order valence-corrected chi connectivity index (χ0v) is 11.0. The number of nitrogens with one attached hydrogen (secondary N) is 1. The van der Waals surface area contributed by atoms with Crippen molar-refractivity contribution in [2.24, 2.45) is 0 Å². The summed E-state index contributed by atoms with van der Waals surface area (Å²) < 4.78 is 6.35. The van der Waals surface area contributed by atoms with Crippen LogP contribution in [0.1, 0.15) is 12.5 Å². The zero-order valence-electron chi connectivity index (χ0n) is 8.80. The van der Waals surface area contributed by atoms with Crippen molar-refractivity contribution in [2.45, 2.75) is 19.9 Å². The summed E-state index contributed by atoms with van der Waals surface area (Å²) in [6, 6.07) is 6.73. The van der Waals surface area contributed by atoms with Gasteiger partial charge in [0.2, 0.25) is 0 Å². The van der Waals surface area contributed by atoms with Crippen LogP contribution in [0.25, 0.3) is 0 Å². The maximum absolute atomic E-state index is 5.07. The van der Waals surface area contributed by atoms with Crippen molar-refractivity contribution >= 4 is 28.3 Å². The number of benzene rings is 1. The molecule has 0 radical (unpaired) electrons. The fourth-order valence-electron chi connectivity index (χ4n) is 1.26. The molecule has 0 fully saturated rings. The minimum absolute atomic E-state index is 0.346. The van der Waals surface area contributed by atoms with Gasteiger partial charge in [-0.3, -0.25) is 0 Å². The molecule has 14 heavy (non-hydrogen) atoms. The van der Waals surface area contributed by atoms with Crippen LogP contribution in [0.4, 0.5) is 5.69 Å². The first kappa shape index (κ1) is 11.8. The molecule has 0 saturated heterocycles. The van der Waals surface area contributed by atoms with Gasteiger partial charge in [-0.15, -0.1) is 0 Å². The van der Waals surface area contributed by atoms with Crippen molar-refractivity contribution in [2.75, 3.05) is 19.0 Å². The second-order valence-electron chi connectivity index (χ2n) is 3.46. The first-order chi connectivity index (χ1) is 6.63. The summed E-state index contributed by atoms with van der Waals surface area (Å²) in [4.78, 5) is 0. The van der Waals surface area contributed by atoms with E-state index >= 15 is 0 Å². The first-order valence-electron chi connectivity index (χ1n) is 4.65. The van der Waals surface area contributed by atoms with Crippen molar-refractivity contribution in [3.63, 3.8) is 0 Å². The van der Waals surface area contributed by atoms with Crippen LogP contribution in [0.3, 0.4) is 0 Å². The van der Waals surface area contributed by atoms with E-state index in [9.17, 15) is 0 Å². The van der Waals surface area contributed by atoms with E-state index < -0.39 is 0 Å². The van der Waals surface area contributed by atoms with Crippen LogP contribution in [0.15, 0.2) is 18.2 Å². The third-order valence-corrected chi connectivity index (χ3v) is 3.16. The summed E-state index contributed by atoms with van der Waals surface area (Å²) in [7, 11) is 1.72. The van der Waals surface area contributed by atoms with Gasteiger partial charge in [0.25, 0.3) is 0 Å². The molecule has 1 aromatic carbocycles. The smallest absolute Gasteiger partial charge is 0.0661 e. The lowest BCUT2D eigenvalue weighted by molar-refractivity contribution is 0.190. The summed E-state index contributed by atoms with van der Waals surface area (Å²) >= 11 is 2.35. The Morgan fingerprint density at radius 1 is 1.50 bits per heavy atom. The zero-order chi connectivity index (χ0) is 10.6. The van der Waals surface area contributed by atoms with Crippen molar-refractivity contribution in [3.05, 3.63) is 27.3 Å². The third-order valence-electron chi connectivity index (χ3n) is 2.00. The standard InChI is InChI=1S/C11H16INO/c1-8-4-5-10(6-11(8)12)13-9(2)7-14-3/h4-6,9,13H,7H2,1-3H3. The molecule has 0 aliphatic heterocycles. The molecule has 0 heterocycles. The van der Waals surface area contributed by atoms with E-state index in [1.165, 1.54) is 9.13 Å². The van der Waals surface area contributed by atoms with E-state index in [1.807, 2.05) is 0 Å². The number of hydrogen-bond acceptors (Lipinski definition) is 2. The van der Waals surface area contributed by atoms with Gasteiger partial charge in [0, 0.05) is 22.4 Å². The van der Waals surface area contributed by atoms with Crippen LogP contribution in [0, 0.1) is 10.5 Å². The average molecular weight is 305 g/mol. The molecule has 1 unspecified atom stereocenters. The van der Waals surface area contributed by atoms with Crippen LogP contribution >= 0.6 is 22.6 Å². The molecule has 3 heteroatoms. The molecule has 1 aromatic rings. The summed E-state index contributed by atoms with van der Waals surface area (Å²) in [5, 5.41) is 3.38. The van der Waals surface area contributed by atoms with E-state index in [-0.39, 0.29) is 0 Å². The van der Waals surface area contributed by atoms with Crippen LogP contribution in [-0.2, 0) is 4.74 Å². The number of hydrogen-bond donors (Lipinski definition) is 1. The van der Waals surface area contributed by atoms with Crippen molar-refractivity contribution < 1.29 is 4.74 Å². The van der Waals surface area contributed by atoms with E-state index in [1.54, 1.807) is 7.11 Å². The molecule has 1 N–H and O–H groups in total. The van der Waals surface area contributed by atoms with Gasteiger partial charge in [-0.25, -0.2) is 0 Å². The summed E-state index contributed by atoms with van der Waals surface area (Å²) in [6.07, 6.45) is 0. The fraction of sp³-hybridized carbons (Fsp3) is 0.455. The maximum atomic E-state index is 5.07. The number of methoxy groups -OCH3 is 1. The monoisotopic (exact) mass is 305 g/mol. The Balaban J connectivity index is 2.63. The topological polar surface area (TPSA) is 21.3 Å². The Bertz CT molecular complexity index is 301. The Hall–Kier alpha value is -0.290. The van der Waals surface area contributed by atoms with Gasteiger partial charge in [-0.1, -0.05) is 6.07 Å². The molecule has 0 amide bonds. The molecular formula is C11H16INO. The first-order valence-corrected chi connectivity index (χ1v) is 5.73. The highest BCUT2D eigenvalue weighted by Gasteiger charge is 2.02. The lowest BCUT2D eigenvalue weighted by Gasteiger charge is -2.14. The average Bonchev–Trinajstić information content (AvgIpc) is 2.12. The summed E-state index contributed by atoms with van der Waals surface area (Å²) in [5.41, 5.74) is 2.47. The molecule has 0 aliphatic carbocycles. The number of halogens is 1. The molecule has 1 atom stereocenters. The van der Waals surface area contributed by atoms with Gasteiger partial charge in [0.1, 0.15) is 0 Å². The van der Waals surface area contributed by atoms with Crippen LogP contribution < -0.4 is 5.32 Å². The van der Waals surface area contributed by atoms with Crippen molar-refractivity contribution in [3.8, 4) is 0 Å². The lowest BCUT2D eigenvalue weighted by atomic mass is 10.2. The maximum Gasteiger partial charge on any atom is 0.0661 e. The SMILES string of the molecule is COCC(C)Nc1ccc(C)c(I)c1. The molecule has 0 aromatic heterocycles. The predicted molar refractivity (Wildman–Crippen MR) is 68.9 cm³/mol. The second kappa shape index (κ2) is 5.56. The number of aryl methyl sites for hydroxylation is 1. The molecular weight excluding hydrogens is 289 g/mol. The van der Waals surface area contributed by atoms with Crippen molar-refractivity contribution in [1.29, 1.82) is 0 Å². The molecule has 78 valence electrons. The Morgan fingerprint density at radius 2 is 2.21 bits per heavy atom. The van der Waals surface area contributed by atoms with Gasteiger partial charge < -0.3 is 10.1 Å². The third kappa shape index (κ3) is 3.46. The highest BCUT2D eigenvalue weighted by atomic mass is 127. The van der Waals surface area contributed by atoms with Gasteiger partial charge in [-0.05, 0) is 54.1 Å². The number of anilines is 1.